The summed E-state index contributed by atoms with van der Waals surface area (Å²) in [6.45, 7) is 1.18. The highest BCUT2D eigenvalue weighted by Crippen LogP contribution is 2.27. The summed E-state index contributed by atoms with van der Waals surface area (Å²) in [7, 11) is 0. The van der Waals surface area contributed by atoms with Gasteiger partial charge in [0.15, 0.2) is 0 Å². The molecule has 23 heavy (non-hydrogen) atoms. The van der Waals surface area contributed by atoms with Crippen LogP contribution in [-0.2, 0) is 0 Å². The number of benzene rings is 1. The van der Waals surface area contributed by atoms with Crippen molar-refractivity contribution in [3.63, 3.8) is 0 Å². The van der Waals surface area contributed by atoms with Gasteiger partial charge in [0.1, 0.15) is 24.0 Å². The summed E-state index contributed by atoms with van der Waals surface area (Å²) in [6.07, 6.45) is 2.48. The van der Waals surface area contributed by atoms with Crippen LogP contribution in [0.2, 0.25) is 0 Å². The number of hydrogen-bond acceptors (Lipinski definition) is 5. The highest BCUT2D eigenvalue weighted by Gasteiger charge is 2.07. The van der Waals surface area contributed by atoms with Gasteiger partial charge in [0.05, 0.1) is 18.1 Å². The minimum atomic E-state index is -2.50. The highest BCUT2D eigenvalue weighted by atomic mass is 19.3. The standard InChI is InChI=1S/C16H14F2N4O/c1-10-20-7-12(8-21-10)22-16-14-3-2-13(23-9-15(17)18)6-11(14)4-5-19-16/h2-8,15H,9H2,1H3,(H,19,22). The second-order valence-electron chi connectivity index (χ2n) is 4.89. The Labute approximate surface area is 131 Å². The van der Waals surface area contributed by atoms with Gasteiger partial charge >= 0.3 is 0 Å². The summed E-state index contributed by atoms with van der Waals surface area (Å²) in [5.41, 5.74) is 0.716. The lowest BCUT2D eigenvalue weighted by Crippen LogP contribution is -2.06. The molecule has 3 aromatic rings. The van der Waals surface area contributed by atoms with Gasteiger partial charge in [0.2, 0.25) is 0 Å². The fraction of sp³-hybridized carbons (Fsp3) is 0.188. The molecule has 5 nitrogen and oxygen atoms in total. The maximum absolute atomic E-state index is 12.2. The molecule has 0 bridgehead atoms. The van der Waals surface area contributed by atoms with E-state index in [1.54, 1.807) is 49.8 Å². The van der Waals surface area contributed by atoms with Crippen molar-refractivity contribution < 1.29 is 13.5 Å². The van der Waals surface area contributed by atoms with Crippen LogP contribution in [0.25, 0.3) is 10.8 Å². The molecule has 0 fully saturated rings. The number of ether oxygens (including phenoxy) is 1. The minimum absolute atomic E-state index is 0.397. The number of halogens is 2. The van der Waals surface area contributed by atoms with Crippen molar-refractivity contribution in [3.8, 4) is 5.75 Å². The number of aromatic nitrogens is 3. The molecule has 3 rings (SSSR count). The summed E-state index contributed by atoms with van der Waals surface area (Å²) < 4.78 is 29.5. The average molecular weight is 316 g/mol. The Morgan fingerprint density at radius 2 is 1.91 bits per heavy atom. The van der Waals surface area contributed by atoms with Gasteiger partial charge in [-0.1, -0.05) is 0 Å². The molecule has 0 saturated heterocycles. The van der Waals surface area contributed by atoms with Crippen LogP contribution in [0.15, 0.2) is 42.9 Å². The molecule has 0 atom stereocenters. The molecule has 118 valence electrons. The zero-order valence-electron chi connectivity index (χ0n) is 12.3. The van der Waals surface area contributed by atoms with E-state index in [4.69, 9.17) is 4.74 Å². The Morgan fingerprint density at radius 1 is 1.13 bits per heavy atom. The summed E-state index contributed by atoms with van der Waals surface area (Å²) in [5.74, 6) is 1.71. The molecule has 2 aromatic heterocycles. The fourth-order valence-corrected chi connectivity index (χ4v) is 2.10. The number of hydrogen-bond donors (Lipinski definition) is 1. The van der Waals surface area contributed by atoms with Gasteiger partial charge in [-0.2, -0.15) is 0 Å². The van der Waals surface area contributed by atoms with Gasteiger partial charge in [0.25, 0.3) is 6.43 Å². The fourth-order valence-electron chi connectivity index (χ4n) is 2.10. The molecule has 7 heteroatoms. The maximum atomic E-state index is 12.2. The van der Waals surface area contributed by atoms with Crippen LogP contribution >= 0.6 is 0 Å². The van der Waals surface area contributed by atoms with Gasteiger partial charge in [0, 0.05) is 11.6 Å². The Hall–Kier alpha value is -2.83. The molecular formula is C16H14F2N4O. The Balaban J connectivity index is 1.87. The number of fused-ring (bicyclic) bond motifs is 1. The topological polar surface area (TPSA) is 59.9 Å². The number of anilines is 2. The highest BCUT2D eigenvalue weighted by molar-refractivity contribution is 5.93. The van der Waals surface area contributed by atoms with E-state index in [0.29, 0.717) is 23.1 Å². The molecule has 0 aliphatic heterocycles. The number of nitrogens with one attached hydrogen (secondary N) is 1. The zero-order valence-corrected chi connectivity index (χ0v) is 12.3. The predicted octanol–water partition coefficient (Wildman–Crippen LogP) is 3.72. The van der Waals surface area contributed by atoms with Crippen LogP contribution in [0.4, 0.5) is 20.3 Å². The van der Waals surface area contributed by atoms with E-state index >= 15 is 0 Å². The van der Waals surface area contributed by atoms with Gasteiger partial charge in [-0.3, -0.25) is 0 Å². The third-order valence-corrected chi connectivity index (χ3v) is 3.16. The number of alkyl halides is 2. The summed E-state index contributed by atoms with van der Waals surface area (Å²) in [5, 5.41) is 4.83. The van der Waals surface area contributed by atoms with Gasteiger partial charge < -0.3 is 10.1 Å². The van der Waals surface area contributed by atoms with Crippen molar-refractivity contribution in [2.45, 2.75) is 13.3 Å². The first kappa shape index (κ1) is 15.1. The lowest BCUT2D eigenvalue weighted by molar-refractivity contribution is 0.0820. The molecule has 0 aliphatic carbocycles. The molecule has 0 aliphatic rings. The van der Waals surface area contributed by atoms with Crippen LogP contribution in [0.5, 0.6) is 5.75 Å². The summed E-state index contributed by atoms with van der Waals surface area (Å²) in [6, 6.07) is 6.92. The van der Waals surface area contributed by atoms with Crippen LogP contribution in [0, 0.1) is 6.92 Å². The second kappa shape index (κ2) is 6.51. The first-order chi connectivity index (χ1) is 11.1. The molecule has 0 spiro atoms. The second-order valence-corrected chi connectivity index (χ2v) is 4.89. The van der Waals surface area contributed by atoms with Crippen molar-refractivity contribution >= 4 is 22.3 Å². The normalized spacial score (nSPS) is 11.0. The van der Waals surface area contributed by atoms with Crippen LogP contribution in [-0.4, -0.2) is 28.0 Å². The molecule has 0 amide bonds. The zero-order chi connectivity index (χ0) is 16.2. The maximum Gasteiger partial charge on any atom is 0.272 e. The quantitative estimate of drug-likeness (QED) is 0.777. The first-order valence-corrected chi connectivity index (χ1v) is 6.97. The van der Waals surface area contributed by atoms with Crippen LogP contribution in [0.1, 0.15) is 5.82 Å². The van der Waals surface area contributed by atoms with Crippen LogP contribution < -0.4 is 10.1 Å². The largest absolute Gasteiger partial charge is 0.488 e. The van der Waals surface area contributed by atoms with E-state index in [0.717, 1.165) is 10.8 Å². The van der Waals surface area contributed by atoms with Crippen molar-refractivity contribution in [1.29, 1.82) is 0 Å². The lowest BCUT2D eigenvalue weighted by atomic mass is 10.1. The van der Waals surface area contributed by atoms with Gasteiger partial charge in [-0.05, 0) is 36.6 Å². The molecular weight excluding hydrogens is 302 g/mol. The van der Waals surface area contributed by atoms with E-state index in [9.17, 15) is 8.78 Å². The van der Waals surface area contributed by atoms with E-state index in [-0.39, 0.29) is 0 Å². The van der Waals surface area contributed by atoms with E-state index in [1.807, 2.05) is 0 Å². The van der Waals surface area contributed by atoms with Crippen molar-refractivity contribution in [2.24, 2.45) is 0 Å². The van der Waals surface area contributed by atoms with Crippen molar-refractivity contribution in [2.75, 3.05) is 11.9 Å². The number of aryl methyl sites for hydroxylation is 1. The van der Waals surface area contributed by atoms with Crippen molar-refractivity contribution in [1.82, 2.24) is 15.0 Å². The monoisotopic (exact) mass is 316 g/mol. The molecule has 0 unspecified atom stereocenters. The number of pyridine rings is 1. The van der Waals surface area contributed by atoms with E-state index in [1.165, 1.54) is 0 Å². The summed E-state index contributed by atoms with van der Waals surface area (Å²) >= 11 is 0. The lowest BCUT2D eigenvalue weighted by Gasteiger charge is -2.10. The van der Waals surface area contributed by atoms with E-state index in [2.05, 4.69) is 20.3 Å². The smallest absolute Gasteiger partial charge is 0.272 e. The third-order valence-electron chi connectivity index (χ3n) is 3.16. The molecule has 1 N–H and O–H groups in total. The third kappa shape index (κ3) is 3.68. The minimum Gasteiger partial charge on any atom is -0.488 e. The Kier molecular flexibility index (Phi) is 4.27. The SMILES string of the molecule is Cc1ncc(Nc2nccc3cc(OCC(F)F)ccc23)cn1. The Morgan fingerprint density at radius 3 is 2.65 bits per heavy atom. The van der Waals surface area contributed by atoms with Crippen LogP contribution in [0.3, 0.4) is 0 Å². The summed E-state index contributed by atoms with van der Waals surface area (Å²) in [4.78, 5) is 12.5. The molecule has 2 heterocycles. The van der Waals surface area contributed by atoms with Gasteiger partial charge in [-0.25, -0.2) is 23.7 Å². The number of nitrogens with zero attached hydrogens (tertiary/aromatic N) is 3. The molecule has 0 saturated carbocycles. The molecule has 0 radical (unpaired) electrons. The first-order valence-electron chi connectivity index (χ1n) is 6.97. The number of rotatable bonds is 5. The Bertz CT molecular complexity index is 809. The average Bonchev–Trinajstić information content (AvgIpc) is 2.55. The van der Waals surface area contributed by atoms with Crippen molar-refractivity contribution in [3.05, 3.63) is 48.7 Å². The van der Waals surface area contributed by atoms with E-state index < -0.39 is 13.0 Å². The molecule has 1 aromatic carbocycles. The van der Waals surface area contributed by atoms with Gasteiger partial charge in [-0.15, -0.1) is 0 Å². The predicted molar refractivity (Wildman–Crippen MR) is 83.3 cm³/mol.